The molecule has 0 heterocycles. The molecular weight excluding hydrogens is 300 g/mol. The van der Waals surface area contributed by atoms with Crippen LogP contribution in [0, 0.1) is 0 Å². The fourth-order valence-corrected chi connectivity index (χ4v) is 3.37. The van der Waals surface area contributed by atoms with Crippen LogP contribution in [0.2, 0.25) is 0 Å². The van der Waals surface area contributed by atoms with E-state index in [-0.39, 0.29) is 12.4 Å². The number of hydrogen-bond acceptors (Lipinski definition) is 1. The van der Waals surface area contributed by atoms with E-state index in [0.717, 1.165) is 0 Å². The molecule has 0 unspecified atom stereocenters. The minimum absolute atomic E-state index is 0. The van der Waals surface area contributed by atoms with Gasteiger partial charge in [-0.25, -0.2) is 0 Å². The molecule has 15 heavy (non-hydrogen) atoms. The molecule has 2 rings (SSSR count). The predicted octanol–water partition coefficient (Wildman–Crippen LogP) is 1.55. The van der Waals surface area contributed by atoms with Gasteiger partial charge in [0.05, 0.1) is 0 Å². The Morgan fingerprint density at radius 3 is 1.33 bits per heavy atom. The molecule has 0 aliphatic heterocycles. The summed E-state index contributed by atoms with van der Waals surface area (Å²) in [5.41, 5.74) is 0. The summed E-state index contributed by atoms with van der Waals surface area (Å²) in [5.74, 6) is 0. The van der Waals surface area contributed by atoms with Crippen LogP contribution in [0.25, 0.3) is 0 Å². The van der Waals surface area contributed by atoms with Gasteiger partial charge in [-0.3, -0.25) is 0 Å². The zero-order valence-electron chi connectivity index (χ0n) is 8.08. The van der Waals surface area contributed by atoms with Crippen LogP contribution in [0.3, 0.4) is 0 Å². The maximum atomic E-state index is 6.23. The van der Waals surface area contributed by atoms with E-state index in [0.29, 0.717) is 0 Å². The molecule has 2 aromatic carbocycles. The van der Waals surface area contributed by atoms with Crippen LogP contribution in [0.1, 0.15) is 0 Å². The van der Waals surface area contributed by atoms with Gasteiger partial charge in [0.2, 0.25) is 0 Å². The monoisotopic (exact) mass is 312 g/mol. The molecule has 2 aromatic rings. The second kappa shape index (κ2) is 6.05. The first-order valence-electron chi connectivity index (χ1n) is 4.32. The van der Waals surface area contributed by atoms with Gasteiger partial charge in [0.25, 0.3) is 0 Å². The summed E-state index contributed by atoms with van der Waals surface area (Å²) in [4.78, 5) is 0. The number of benzene rings is 2. The first-order valence-corrected chi connectivity index (χ1v) is 6.77. The second-order valence-corrected chi connectivity index (χ2v) is 5.86. The van der Waals surface area contributed by atoms with Crippen LogP contribution in [-0.2, 0) is 17.0 Å². The number of hydrogen-bond donors (Lipinski definition) is 1. The van der Waals surface area contributed by atoms with Crippen LogP contribution in [0.5, 0.6) is 0 Å². The minimum atomic E-state index is -1.19. The standard InChI is InChI=1S/2C6H5.ClH.H2N.Pd/c2*1-2-4-6-5-3-1;;;/h2*1-5H;1H;1H2;/q;;;-1;+1. The average Bonchev–Trinajstić information content (AvgIpc) is 2.30. The molecule has 0 aliphatic carbocycles. The Kier molecular flexibility index (Phi) is 5.01. The second-order valence-electron chi connectivity index (χ2n) is 2.78. The molecule has 0 aromatic heterocycles. The molecule has 1 nitrogen and oxygen atoms in total. The molecule has 0 bridgehead atoms. The van der Waals surface area contributed by atoms with Crippen molar-refractivity contribution in [1.82, 2.24) is 0 Å². The van der Waals surface area contributed by atoms with Crippen molar-refractivity contribution < 1.29 is 17.0 Å². The Balaban J connectivity index is 0.00000112. The van der Waals surface area contributed by atoms with Crippen molar-refractivity contribution in [3.8, 4) is 0 Å². The first kappa shape index (κ1) is 12.4. The molecule has 0 saturated heterocycles. The van der Waals surface area contributed by atoms with Crippen molar-refractivity contribution in [2.45, 2.75) is 0 Å². The van der Waals surface area contributed by atoms with Gasteiger partial charge in [-0.05, 0) is 0 Å². The molecule has 2 N–H and O–H groups in total. The summed E-state index contributed by atoms with van der Waals surface area (Å²) in [6.45, 7) is 0. The first-order chi connectivity index (χ1) is 6.88. The molecule has 0 aliphatic rings. The Hall–Kier alpha value is -0.648. The van der Waals surface area contributed by atoms with Crippen molar-refractivity contribution in [3.63, 3.8) is 0 Å². The van der Waals surface area contributed by atoms with Gasteiger partial charge < -0.3 is 0 Å². The summed E-state index contributed by atoms with van der Waals surface area (Å²) < 4.78 is 8.77. The maximum absolute atomic E-state index is 6.23. The van der Waals surface area contributed by atoms with Gasteiger partial charge in [0, 0.05) is 0 Å². The van der Waals surface area contributed by atoms with E-state index in [9.17, 15) is 0 Å². The van der Waals surface area contributed by atoms with Crippen molar-refractivity contribution in [3.05, 3.63) is 60.7 Å². The number of rotatable bonds is 2. The van der Waals surface area contributed by atoms with E-state index in [4.69, 9.17) is 4.37 Å². The van der Waals surface area contributed by atoms with Gasteiger partial charge in [-0.2, -0.15) is 0 Å². The Labute approximate surface area is 102 Å². The fraction of sp³-hybridized carbons (Fsp3) is 0. The third-order valence-corrected chi connectivity index (χ3v) is 4.79. The molecular formula is C12H13ClNPd. The van der Waals surface area contributed by atoms with E-state index in [1.165, 1.54) is 8.07 Å². The molecule has 0 atom stereocenters. The molecule has 3 heteroatoms. The zero-order chi connectivity index (χ0) is 9.80. The Bertz CT molecular complexity index is 351. The quantitative estimate of drug-likeness (QED) is 0.837. The molecule has 0 fully saturated rings. The van der Waals surface area contributed by atoms with E-state index in [2.05, 4.69) is 24.3 Å². The van der Waals surface area contributed by atoms with Crippen molar-refractivity contribution in [2.24, 2.45) is 4.37 Å². The molecule has 0 radical (unpaired) electrons. The van der Waals surface area contributed by atoms with Gasteiger partial charge in [-0.1, -0.05) is 0 Å². The fourth-order valence-electron chi connectivity index (χ4n) is 1.14. The van der Waals surface area contributed by atoms with Crippen LogP contribution in [-0.4, -0.2) is 0 Å². The summed E-state index contributed by atoms with van der Waals surface area (Å²) in [5, 5.41) is 0. The van der Waals surface area contributed by atoms with Gasteiger partial charge in [0.1, 0.15) is 0 Å². The topological polar surface area (TPSA) is 26.0 Å². The predicted molar refractivity (Wildman–Crippen MR) is 63.6 cm³/mol. The average molecular weight is 313 g/mol. The van der Waals surface area contributed by atoms with Crippen LogP contribution in [0.15, 0.2) is 60.7 Å². The SMILES string of the molecule is Cl.[NH2][Pd]([c]1ccccc1)[c]1ccccc1. The summed E-state index contributed by atoms with van der Waals surface area (Å²) in [6, 6.07) is 20.6. The van der Waals surface area contributed by atoms with E-state index < -0.39 is 17.0 Å². The zero-order valence-corrected chi connectivity index (χ0v) is 10.4. The van der Waals surface area contributed by atoms with Crippen molar-refractivity contribution in [1.29, 1.82) is 0 Å². The van der Waals surface area contributed by atoms with Gasteiger partial charge in [-0.15, -0.1) is 12.4 Å². The number of halogens is 1. The summed E-state index contributed by atoms with van der Waals surface area (Å²) in [6.07, 6.45) is 0. The van der Waals surface area contributed by atoms with Crippen molar-refractivity contribution in [2.75, 3.05) is 0 Å². The Morgan fingerprint density at radius 1 is 0.667 bits per heavy atom. The van der Waals surface area contributed by atoms with Crippen LogP contribution < -0.4 is 12.4 Å². The molecule has 0 saturated carbocycles. The number of nitrogens with two attached hydrogens (primary N) is 1. The summed E-state index contributed by atoms with van der Waals surface area (Å²) in [7, 11) is 0. The normalized spacial score (nSPS) is 10.3. The summed E-state index contributed by atoms with van der Waals surface area (Å²) >= 11 is -1.19. The molecule has 83 valence electrons. The molecule has 0 amide bonds. The molecule has 0 spiro atoms. The van der Waals surface area contributed by atoms with Gasteiger partial charge >= 0.3 is 90.1 Å². The Morgan fingerprint density at radius 2 is 1.00 bits per heavy atom. The van der Waals surface area contributed by atoms with Crippen LogP contribution >= 0.6 is 12.4 Å². The van der Waals surface area contributed by atoms with Gasteiger partial charge in [0.15, 0.2) is 0 Å². The van der Waals surface area contributed by atoms with Crippen LogP contribution in [0.4, 0.5) is 0 Å². The van der Waals surface area contributed by atoms with E-state index in [1.807, 2.05) is 36.4 Å². The van der Waals surface area contributed by atoms with E-state index in [1.54, 1.807) is 0 Å². The third-order valence-electron chi connectivity index (χ3n) is 1.82. The van der Waals surface area contributed by atoms with E-state index >= 15 is 0 Å². The van der Waals surface area contributed by atoms with Crippen molar-refractivity contribution >= 4 is 20.5 Å². The third kappa shape index (κ3) is 3.16.